The number of carbonyl (C=O) groups is 2. The molecule has 0 saturated heterocycles. The molecule has 0 aromatic carbocycles. The predicted octanol–water partition coefficient (Wildman–Crippen LogP) is 2.01. The Morgan fingerprint density at radius 1 is 1.28 bits per heavy atom. The second kappa shape index (κ2) is 8.66. The Bertz CT molecular complexity index is 297. The van der Waals surface area contributed by atoms with Gasteiger partial charge in [-0.05, 0) is 25.7 Å². The van der Waals surface area contributed by atoms with Crippen LogP contribution in [-0.4, -0.2) is 24.7 Å². The molecule has 1 aliphatic carbocycles. The number of ether oxygens (including phenoxy) is 1. The summed E-state index contributed by atoms with van der Waals surface area (Å²) in [6.07, 6.45) is 8.16. The zero-order valence-electron chi connectivity index (χ0n) is 11.0. The van der Waals surface area contributed by atoms with Crippen molar-refractivity contribution in [1.82, 2.24) is 5.43 Å². The molecule has 1 rings (SSSR count). The standard InChI is InChI=1S/C13H22N2O3/c1-2-18-13(17)9-8-12(16)15-14-10-11-6-4-3-5-7-11/h10-11H,2-9H2,1H3,(H,15,16)/b14-10+. The molecule has 0 heterocycles. The minimum absolute atomic E-state index is 0.110. The van der Waals surface area contributed by atoms with Crippen LogP contribution in [0.4, 0.5) is 0 Å². The van der Waals surface area contributed by atoms with Crippen molar-refractivity contribution >= 4 is 18.1 Å². The van der Waals surface area contributed by atoms with Crippen LogP contribution in [0, 0.1) is 5.92 Å². The van der Waals surface area contributed by atoms with E-state index in [-0.39, 0.29) is 24.7 Å². The topological polar surface area (TPSA) is 67.8 Å². The van der Waals surface area contributed by atoms with E-state index in [0.717, 1.165) is 12.8 Å². The Morgan fingerprint density at radius 2 is 2.00 bits per heavy atom. The van der Waals surface area contributed by atoms with Gasteiger partial charge in [-0.25, -0.2) is 5.43 Å². The van der Waals surface area contributed by atoms with Crippen LogP contribution in [0.5, 0.6) is 0 Å². The Balaban J connectivity index is 2.12. The lowest BCUT2D eigenvalue weighted by Gasteiger charge is -2.16. The predicted molar refractivity (Wildman–Crippen MR) is 69.1 cm³/mol. The van der Waals surface area contributed by atoms with Gasteiger partial charge in [0.05, 0.1) is 13.0 Å². The Kier molecular flexibility index (Phi) is 7.06. The third-order valence-electron chi connectivity index (χ3n) is 2.99. The van der Waals surface area contributed by atoms with Crippen LogP contribution < -0.4 is 5.43 Å². The van der Waals surface area contributed by atoms with Crippen molar-refractivity contribution in [3.05, 3.63) is 0 Å². The molecule has 0 spiro atoms. The molecule has 1 fully saturated rings. The number of nitrogens with zero attached hydrogens (tertiary/aromatic N) is 1. The quantitative estimate of drug-likeness (QED) is 0.448. The van der Waals surface area contributed by atoms with Crippen molar-refractivity contribution in [1.29, 1.82) is 0 Å². The molecule has 0 bridgehead atoms. The fraction of sp³-hybridized carbons (Fsp3) is 0.769. The Labute approximate surface area is 108 Å². The zero-order valence-corrected chi connectivity index (χ0v) is 11.0. The fourth-order valence-electron chi connectivity index (χ4n) is 2.00. The fourth-order valence-corrected chi connectivity index (χ4v) is 2.00. The molecule has 0 atom stereocenters. The molecule has 1 amide bonds. The number of rotatable bonds is 6. The van der Waals surface area contributed by atoms with E-state index in [1.165, 1.54) is 19.3 Å². The molecule has 1 N–H and O–H groups in total. The summed E-state index contributed by atoms with van der Waals surface area (Å²) >= 11 is 0. The van der Waals surface area contributed by atoms with Gasteiger partial charge in [-0.2, -0.15) is 5.10 Å². The summed E-state index contributed by atoms with van der Waals surface area (Å²) in [4.78, 5) is 22.4. The summed E-state index contributed by atoms with van der Waals surface area (Å²) in [5.74, 6) is -0.0943. The van der Waals surface area contributed by atoms with Crippen LogP contribution in [0.3, 0.4) is 0 Å². The highest BCUT2D eigenvalue weighted by Gasteiger charge is 2.11. The van der Waals surface area contributed by atoms with Crippen LogP contribution >= 0.6 is 0 Å². The van der Waals surface area contributed by atoms with Crippen LogP contribution in [0.15, 0.2) is 5.10 Å². The summed E-state index contributed by atoms with van der Waals surface area (Å²) in [7, 11) is 0. The molecule has 0 radical (unpaired) electrons. The van der Waals surface area contributed by atoms with Crippen LogP contribution in [0.2, 0.25) is 0 Å². The van der Waals surface area contributed by atoms with Gasteiger partial charge in [-0.3, -0.25) is 9.59 Å². The SMILES string of the molecule is CCOC(=O)CCC(=O)N/N=C/C1CCCCC1. The van der Waals surface area contributed by atoms with Crippen LogP contribution in [-0.2, 0) is 14.3 Å². The number of esters is 1. The summed E-state index contributed by atoms with van der Waals surface area (Å²) in [6, 6.07) is 0. The Morgan fingerprint density at radius 3 is 2.67 bits per heavy atom. The first-order valence-corrected chi connectivity index (χ1v) is 6.70. The highest BCUT2D eigenvalue weighted by molar-refractivity contribution is 5.81. The number of hydrogen-bond acceptors (Lipinski definition) is 4. The second-order valence-corrected chi connectivity index (χ2v) is 4.52. The monoisotopic (exact) mass is 254 g/mol. The average molecular weight is 254 g/mol. The number of nitrogens with one attached hydrogen (secondary N) is 1. The maximum Gasteiger partial charge on any atom is 0.306 e. The van der Waals surface area contributed by atoms with E-state index in [0.29, 0.717) is 12.5 Å². The molecular weight excluding hydrogens is 232 g/mol. The van der Waals surface area contributed by atoms with Crippen molar-refractivity contribution in [2.45, 2.75) is 51.9 Å². The van der Waals surface area contributed by atoms with Gasteiger partial charge in [-0.15, -0.1) is 0 Å². The maximum atomic E-state index is 11.4. The first kappa shape index (κ1) is 14.7. The summed E-state index contributed by atoms with van der Waals surface area (Å²) < 4.78 is 4.73. The molecular formula is C13H22N2O3. The lowest BCUT2D eigenvalue weighted by atomic mass is 9.90. The number of hydrogen-bond donors (Lipinski definition) is 1. The molecule has 0 aromatic heterocycles. The van der Waals surface area contributed by atoms with Crippen molar-refractivity contribution in [2.24, 2.45) is 11.0 Å². The van der Waals surface area contributed by atoms with Gasteiger partial charge in [-0.1, -0.05) is 19.3 Å². The van der Waals surface area contributed by atoms with Crippen LogP contribution in [0.1, 0.15) is 51.9 Å². The minimum atomic E-state index is -0.344. The van der Waals surface area contributed by atoms with E-state index < -0.39 is 0 Å². The molecule has 1 aliphatic rings. The second-order valence-electron chi connectivity index (χ2n) is 4.52. The minimum Gasteiger partial charge on any atom is -0.466 e. The Hall–Kier alpha value is -1.39. The smallest absolute Gasteiger partial charge is 0.306 e. The molecule has 0 aliphatic heterocycles. The number of amides is 1. The number of carbonyl (C=O) groups excluding carboxylic acids is 2. The van der Waals surface area contributed by atoms with Gasteiger partial charge < -0.3 is 4.74 Å². The van der Waals surface area contributed by atoms with Crippen molar-refractivity contribution in [3.8, 4) is 0 Å². The lowest BCUT2D eigenvalue weighted by Crippen LogP contribution is -2.20. The van der Waals surface area contributed by atoms with Gasteiger partial charge in [0.15, 0.2) is 0 Å². The third-order valence-corrected chi connectivity index (χ3v) is 2.99. The third kappa shape index (κ3) is 6.37. The van der Waals surface area contributed by atoms with E-state index >= 15 is 0 Å². The van der Waals surface area contributed by atoms with Crippen LogP contribution in [0.25, 0.3) is 0 Å². The van der Waals surface area contributed by atoms with Crippen molar-refractivity contribution in [3.63, 3.8) is 0 Å². The summed E-state index contributed by atoms with van der Waals surface area (Å²) in [6.45, 7) is 2.09. The molecule has 5 heteroatoms. The molecule has 1 saturated carbocycles. The van der Waals surface area contributed by atoms with Gasteiger partial charge >= 0.3 is 5.97 Å². The highest BCUT2D eigenvalue weighted by Crippen LogP contribution is 2.21. The number of hydrazone groups is 1. The maximum absolute atomic E-state index is 11.4. The summed E-state index contributed by atoms with van der Waals surface area (Å²) in [5, 5.41) is 3.94. The van der Waals surface area contributed by atoms with E-state index in [1.54, 1.807) is 6.92 Å². The normalized spacial score (nSPS) is 16.7. The van der Waals surface area contributed by atoms with Gasteiger partial charge in [0.1, 0.15) is 0 Å². The van der Waals surface area contributed by atoms with Crippen molar-refractivity contribution in [2.75, 3.05) is 6.61 Å². The van der Waals surface area contributed by atoms with Gasteiger partial charge in [0.25, 0.3) is 0 Å². The zero-order chi connectivity index (χ0) is 13.2. The van der Waals surface area contributed by atoms with Gasteiger partial charge in [0, 0.05) is 12.6 Å². The van der Waals surface area contributed by atoms with E-state index in [9.17, 15) is 9.59 Å². The molecule has 0 unspecified atom stereocenters. The highest BCUT2D eigenvalue weighted by atomic mass is 16.5. The summed E-state index contributed by atoms with van der Waals surface area (Å²) in [5.41, 5.74) is 2.45. The van der Waals surface area contributed by atoms with E-state index in [2.05, 4.69) is 10.5 Å². The first-order chi connectivity index (χ1) is 8.72. The molecule has 0 aromatic rings. The first-order valence-electron chi connectivity index (χ1n) is 6.70. The molecule has 102 valence electrons. The van der Waals surface area contributed by atoms with Crippen molar-refractivity contribution < 1.29 is 14.3 Å². The average Bonchev–Trinajstić information content (AvgIpc) is 2.38. The largest absolute Gasteiger partial charge is 0.466 e. The van der Waals surface area contributed by atoms with E-state index in [1.807, 2.05) is 6.21 Å². The van der Waals surface area contributed by atoms with E-state index in [4.69, 9.17) is 4.74 Å². The lowest BCUT2D eigenvalue weighted by molar-refractivity contribution is -0.144. The molecule has 18 heavy (non-hydrogen) atoms. The van der Waals surface area contributed by atoms with Gasteiger partial charge in [0.2, 0.25) is 5.91 Å². The molecule has 5 nitrogen and oxygen atoms in total.